The highest BCUT2D eigenvalue weighted by molar-refractivity contribution is 5.74. The minimum absolute atomic E-state index is 0.0227. The summed E-state index contributed by atoms with van der Waals surface area (Å²) in [7, 11) is 0. The maximum Gasteiger partial charge on any atom is 0.335 e. The Morgan fingerprint density at radius 3 is 1.30 bits per heavy atom. The Morgan fingerprint density at radius 2 is 0.818 bits per heavy atom. The smallest absolute Gasteiger partial charge is 0.335 e. The van der Waals surface area contributed by atoms with Gasteiger partial charge in [0.05, 0.1) is 6.61 Å². The molecule has 77 heavy (non-hydrogen) atoms. The molecule has 0 amide bonds. The molecule has 6 atom stereocenters. The zero-order chi connectivity index (χ0) is 56.1. The Kier molecular flexibility index (Phi) is 48.8. The minimum atomic E-state index is -1.92. The van der Waals surface area contributed by atoms with Gasteiger partial charge in [0.15, 0.2) is 24.6 Å². The van der Waals surface area contributed by atoms with Crippen LogP contribution in [0.4, 0.5) is 0 Å². The number of aliphatic hydroxyl groups is 2. The summed E-state index contributed by atoms with van der Waals surface area (Å²) < 4.78 is 28.4. The molecule has 1 saturated heterocycles. The van der Waals surface area contributed by atoms with Crippen molar-refractivity contribution >= 4 is 23.9 Å². The van der Waals surface area contributed by atoms with Crippen molar-refractivity contribution < 1.29 is 58.2 Å². The van der Waals surface area contributed by atoms with E-state index in [1.54, 1.807) is 0 Å². The number of aliphatic carboxylic acids is 1. The first-order valence-electron chi connectivity index (χ1n) is 30.9. The lowest BCUT2D eigenvalue weighted by Gasteiger charge is -2.40. The van der Waals surface area contributed by atoms with Gasteiger partial charge in [-0.25, -0.2) is 4.79 Å². The Balaban J connectivity index is 2.70. The number of hydrogen-bond acceptors (Lipinski definition) is 11. The predicted molar refractivity (Wildman–Crippen MR) is 312 cm³/mol. The third-order valence-electron chi connectivity index (χ3n) is 13.7. The van der Waals surface area contributed by atoms with Crippen LogP contribution in [0.2, 0.25) is 0 Å². The molecule has 1 heterocycles. The molecule has 0 aromatic rings. The predicted octanol–water partition coefficient (Wildman–Crippen LogP) is 16.1. The third-order valence-corrected chi connectivity index (χ3v) is 13.7. The molecule has 0 aromatic heterocycles. The Hall–Kier alpha value is -3.84. The van der Waals surface area contributed by atoms with E-state index in [2.05, 4.69) is 93.7 Å². The van der Waals surface area contributed by atoms with E-state index in [1.807, 2.05) is 0 Å². The molecule has 12 heteroatoms. The SMILES string of the molecule is CC/C=C\C/C=C\C/C=C\CCCCCC(=O)OC1C(OCC(COC(=O)CCCCCCCCC/C=C\C/C=C\CCCCC)OC(=O)CCCCCCCCC/C=C\CCCCCCCC)OC(C(=O)O)C(O)C1O. The number of rotatable bonds is 52. The molecular weight excluding hydrogens is 973 g/mol. The van der Waals surface area contributed by atoms with E-state index < -0.39 is 67.3 Å². The summed E-state index contributed by atoms with van der Waals surface area (Å²) >= 11 is 0. The molecule has 442 valence electrons. The average molecular weight is 1080 g/mol. The number of carboxylic acid groups (broad SMARTS) is 1. The third kappa shape index (κ3) is 42.7. The second-order valence-corrected chi connectivity index (χ2v) is 20.9. The molecule has 12 nitrogen and oxygen atoms in total. The number of carbonyl (C=O) groups is 4. The lowest BCUT2D eigenvalue weighted by Crippen LogP contribution is -2.61. The summed E-state index contributed by atoms with van der Waals surface area (Å²) in [5.74, 6) is -3.17. The van der Waals surface area contributed by atoms with Crippen LogP contribution in [0.15, 0.2) is 72.9 Å². The van der Waals surface area contributed by atoms with E-state index in [-0.39, 0.29) is 25.9 Å². The lowest BCUT2D eigenvalue weighted by molar-refractivity contribution is -0.301. The van der Waals surface area contributed by atoms with E-state index in [1.165, 1.54) is 96.3 Å². The van der Waals surface area contributed by atoms with Crippen LogP contribution in [-0.4, -0.2) is 89.2 Å². The van der Waals surface area contributed by atoms with Crippen molar-refractivity contribution in [2.24, 2.45) is 0 Å². The van der Waals surface area contributed by atoms with Gasteiger partial charge in [0, 0.05) is 19.3 Å². The Morgan fingerprint density at radius 1 is 0.442 bits per heavy atom. The summed E-state index contributed by atoms with van der Waals surface area (Å²) in [5, 5.41) is 31.5. The number of hydrogen-bond donors (Lipinski definition) is 3. The van der Waals surface area contributed by atoms with Crippen LogP contribution < -0.4 is 0 Å². The van der Waals surface area contributed by atoms with Gasteiger partial charge in [0.25, 0.3) is 0 Å². The van der Waals surface area contributed by atoms with Crippen LogP contribution in [-0.2, 0) is 42.9 Å². The van der Waals surface area contributed by atoms with Crippen molar-refractivity contribution in [3.63, 3.8) is 0 Å². The summed E-state index contributed by atoms with van der Waals surface area (Å²) in [6, 6.07) is 0. The van der Waals surface area contributed by atoms with Gasteiger partial charge in [0.1, 0.15) is 18.8 Å². The number of esters is 3. The maximum atomic E-state index is 13.2. The van der Waals surface area contributed by atoms with E-state index in [9.17, 15) is 34.5 Å². The molecule has 3 N–H and O–H groups in total. The van der Waals surface area contributed by atoms with E-state index in [4.69, 9.17) is 23.7 Å². The molecule has 0 aliphatic carbocycles. The van der Waals surface area contributed by atoms with Crippen molar-refractivity contribution in [3.05, 3.63) is 72.9 Å². The van der Waals surface area contributed by atoms with E-state index in [0.717, 1.165) is 109 Å². The monoisotopic (exact) mass is 1080 g/mol. The van der Waals surface area contributed by atoms with Crippen LogP contribution in [0.25, 0.3) is 0 Å². The normalized spacial score (nSPS) is 18.5. The number of carbonyl (C=O) groups excluding carboxylic acids is 3. The highest BCUT2D eigenvalue weighted by atomic mass is 16.7. The molecule has 0 aromatic carbocycles. The number of ether oxygens (including phenoxy) is 5. The zero-order valence-corrected chi connectivity index (χ0v) is 48.7. The maximum absolute atomic E-state index is 13.2. The lowest BCUT2D eigenvalue weighted by atomic mass is 9.98. The van der Waals surface area contributed by atoms with Crippen LogP contribution in [0.3, 0.4) is 0 Å². The molecule has 1 rings (SSSR count). The first-order valence-corrected chi connectivity index (χ1v) is 30.9. The van der Waals surface area contributed by atoms with Crippen molar-refractivity contribution in [3.8, 4) is 0 Å². The van der Waals surface area contributed by atoms with Gasteiger partial charge in [-0.3, -0.25) is 14.4 Å². The standard InChI is InChI=1S/C65H110O12/c1-4-7-10-13-16-19-22-25-27-29-31-34-36-39-42-45-48-51-57(66)73-54-56(75-58(67)52-49-46-43-40-38-35-32-30-28-26-23-20-17-14-11-8-5-2)55-74-65-63(61(70)60(69)62(77-65)64(71)72)76-59(68)53-50-47-44-41-37-33-24-21-18-15-12-9-6-3/h9,12,16,18-19,21,25-28,33,37,56,60-63,65,69-70H,4-8,10-11,13-15,17,20,22-24,29-32,34-36,38-55H2,1-3H3,(H,71,72)/b12-9-,19-16-,21-18-,27-25-,28-26-,37-33-. The first-order chi connectivity index (χ1) is 37.6. The Labute approximate surface area is 468 Å². The van der Waals surface area contributed by atoms with Gasteiger partial charge in [-0.15, -0.1) is 0 Å². The summed E-state index contributed by atoms with van der Waals surface area (Å²) in [6.07, 6.45) is 54.4. The fourth-order valence-electron chi connectivity index (χ4n) is 9.00. The molecule has 6 unspecified atom stereocenters. The average Bonchev–Trinajstić information content (AvgIpc) is 3.42. The molecule has 0 saturated carbocycles. The molecule has 0 bridgehead atoms. The summed E-state index contributed by atoms with van der Waals surface area (Å²) in [6.45, 7) is 5.84. The van der Waals surface area contributed by atoms with E-state index >= 15 is 0 Å². The van der Waals surface area contributed by atoms with Crippen LogP contribution in [0.5, 0.6) is 0 Å². The quantitative estimate of drug-likeness (QED) is 0.0228. The number of aliphatic hydroxyl groups excluding tert-OH is 2. The van der Waals surface area contributed by atoms with Gasteiger partial charge in [-0.1, -0.05) is 209 Å². The minimum Gasteiger partial charge on any atom is -0.479 e. The van der Waals surface area contributed by atoms with Gasteiger partial charge < -0.3 is 39.0 Å². The van der Waals surface area contributed by atoms with Crippen LogP contribution >= 0.6 is 0 Å². The molecular formula is C65H110O12. The number of allylic oxidation sites excluding steroid dienone is 12. The van der Waals surface area contributed by atoms with Crippen LogP contribution in [0.1, 0.15) is 265 Å². The van der Waals surface area contributed by atoms with Gasteiger partial charge in [-0.2, -0.15) is 0 Å². The zero-order valence-electron chi connectivity index (χ0n) is 48.7. The topological polar surface area (TPSA) is 175 Å². The number of carboxylic acids is 1. The number of unbranched alkanes of at least 4 members (excludes halogenated alkanes) is 26. The summed E-state index contributed by atoms with van der Waals surface area (Å²) in [5.41, 5.74) is 0. The highest BCUT2D eigenvalue weighted by Gasteiger charge is 2.50. The van der Waals surface area contributed by atoms with E-state index in [0.29, 0.717) is 19.3 Å². The van der Waals surface area contributed by atoms with Gasteiger partial charge in [-0.05, 0) is 109 Å². The Bertz CT molecular complexity index is 1620. The van der Waals surface area contributed by atoms with Gasteiger partial charge >= 0.3 is 23.9 Å². The second-order valence-electron chi connectivity index (χ2n) is 20.9. The molecule has 1 aliphatic rings. The molecule has 0 radical (unpaired) electrons. The highest BCUT2D eigenvalue weighted by Crippen LogP contribution is 2.26. The van der Waals surface area contributed by atoms with Crippen molar-refractivity contribution in [2.75, 3.05) is 13.2 Å². The van der Waals surface area contributed by atoms with Crippen molar-refractivity contribution in [2.45, 2.75) is 302 Å². The largest absolute Gasteiger partial charge is 0.479 e. The van der Waals surface area contributed by atoms with Crippen LogP contribution in [0, 0.1) is 0 Å². The van der Waals surface area contributed by atoms with Crippen molar-refractivity contribution in [1.29, 1.82) is 0 Å². The fourth-order valence-corrected chi connectivity index (χ4v) is 9.00. The van der Waals surface area contributed by atoms with Crippen molar-refractivity contribution in [1.82, 2.24) is 0 Å². The van der Waals surface area contributed by atoms with Gasteiger partial charge in [0.2, 0.25) is 0 Å². The molecule has 1 aliphatic heterocycles. The molecule has 1 fully saturated rings. The molecule has 0 spiro atoms. The summed E-state index contributed by atoms with van der Waals surface area (Å²) in [4.78, 5) is 51.2. The fraction of sp³-hybridized carbons (Fsp3) is 0.754. The second kappa shape index (κ2) is 52.8. The first kappa shape index (κ1) is 71.2.